The van der Waals surface area contributed by atoms with E-state index in [9.17, 15) is 19.2 Å². The highest BCUT2D eigenvalue weighted by Gasteiger charge is 2.22. The van der Waals surface area contributed by atoms with Crippen molar-refractivity contribution in [2.75, 3.05) is 33.5 Å². The quantitative estimate of drug-likeness (QED) is 0.0872. The first-order valence-corrected chi connectivity index (χ1v) is 14.6. The largest absolute Gasteiger partial charge is 0.513 e. The molecule has 0 aromatic heterocycles. The van der Waals surface area contributed by atoms with Crippen molar-refractivity contribution < 1.29 is 47.6 Å². The van der Waals surface area contributed by atoms with Gasteiger partial charge in [-0.1, -0.05) is 65.9 Å². The summed E-state index contributed by atoms with van der Waals surface area (Å²) >= 11 is 0. The van der Waals surface area contributed by atoms with Gasteiger partial charge in [-0.2, -0.15) is 0 Å². The second-order valence-corrected chi connectivity index (χ2v) is 9.69. The van der Waals surface area contributed by atoms with Crippen LogP contribution in [0.4, 0.5) is 9.59 Å². The van der Waals surface area contributed by atoms with Crippen molar-refractivity contribution in [3.05, 3.63) is 23.8 Å². The molecule has 1 aromatic rings. The van der Waals surface area contributed by atoms with Gasteiger partial charge in [-0.3, -0.25) is 9.59 Å². The van der Waals surface area contributed by atoms with Gasteiger partial charge in [-0.15, -0.1) is 0 Å². The maximum absolute atomic E-state index is 12.4. The zero-order chi connectivity index (χ0) is 30.5. The van der Waals surface area contributed by atoms with Crippen LogP contribution < -0.4 is 14.8 Å². The average Bonchev–Trinajstić information content (AvgIpc) is 2.95. The van der Waals surface area contributed by atoms with Crippen LogP contribution in [0.1, 0.15) is 84.6 Å². The predicted octanol–water partition coefficient (Wildman–Crippen LogP) is 5.75. The highest BCUT2D eigenvalue weighted by Crippen LogP contribution is 2.30. The van der Waals surface area contributed by atoms with Gasteiger partial charge in [0.1, 0.15) is 12.6 Å². The second-order valence-electron chi connectivity index (χ2n) is 9.69. The lowest BCUT2D eigenvalue weighted by atomic mass is 10.1. The van der Waals surface area contributed by atoms with Crippen LogP contribution in [0.2, 0.25) is 0 Å². The summed E-state index contributed by atoms with van der Waals surface area (Å²) in [5, 5.41) is 3.04. The van der Waals surface area contributed by atoms with Crippen LogP contribution in [0.3, 0.4) is 0 Å². The van der Waals surface area contributed by atoms with Crippen molar-refractivity contribution in [3.63, 3.8) is 0 Å². The van der Waals surface area contributed by atoms with Crippen LogP contribution in [0.5, 0.6) is 11.5 Å². The molecule has 0 aliphatic carbocycles. The van der Waals surface area contributed by atoms with E-state index in [0.29, 0.717) is 18.4 Å². The fourth-order valence-electron chi connectivity index (χ4n) is 3.79. The van der Waals surface area contributed by atoms with Gasteiger partial charge in [0.2, 0.25) is 0 Å². The van der Waals surface area contributed by atoms with Crippen molar-refractivity contribution in [2.45, 2.75) is 91.5 Å². The summed E-state index contributed by atoms with van der Waals surface area (Å²) in [7, 11) is 1.27. The van der Waals surface area contributed by atoms with Gasteiger partial charge in [0.15, 0.2) is 11.5 Å². The molecule has 11 heteroatoms. The van der Waals surface area contributed by atoms with Crippen LogP contribution in [0.25, 0.3) is 0 Å². The van der Waals surface area contributed by atoms with Crippen molar-refractivity contribution in [3.8, 4) is 11.5 Å². The normalized spacial score (nSPS) is 12.1. The van der Waals surface area contributed by atoms with E-state index in [0.717, 1.165) is 38.5 Å². The summed E-state index contributed by atoms with van der Waals surface area (Å²) in [6, 6.07) is 3.78. The van der Waals surface area contributed by atoms with Crippen molar-refractivity contribution in [1.29, 1.82) is 0 Å². The summed E-state index contributed by atoms with van der Waals surface area (Å²) in [5.41, 5.74) is 0.582. The van der Waals surface area contributed by atoms with E-state index < -0.39 is 24.3 Å². The highest BCUT2D eigenvalue weighted by atomic mass is 16.7. The smallest absolute Gasteiger partial charge is 0.468 e. The maximum atomic E-state index is 12.4. The number of nitrogens with one attached hydrogen (secondary N) is 1. The number of rotatable bonds is 20. The van der Waals surface area contributed by atoms with E-state index in [1.54, 1.807) is 6.07 Å². The summed E-state index contributed by atoms with van der Waals surface area (Å²) < 4.78 is 31.1. The number of hydrogen-bond acceptors (Lipinski definition) is 11. The molecule has 0 saturated heterocycles. The Morgan fingerprint density at radius 2 is 1.37 bits per heavy atom. The monoisotopic (exact) mass is 581 g/mol. The lowest BCUT2D eigenvalue weighted by Crippen LogP contribution is -2.41. The Bertz CT molecular complexity index is 936. The third-order valence-corrected chi connectivity index (χ3v) is 6.12. The second kappa shape index (κ2) is 21.4. The lowest BCUT2D eigenvalue weighted by Gasteiger charge is -2.18. The molecule has 1 rings (SSSR count). The highest BCUT2D eigenvalue weighted by molar-refractivity contribution is 5.76. The number of methoxy groups -OCH3 is 1. The Kier molecular flexibility index (Phi) is 18.6. The minimum atomic E-state index is -0.943. The molecule has 1 unspecified atom stereocenters. The number of carbonyl (C=O) groups excluding carboxylic acids is 4. The van der Waals surface area contributed by atoms with Crippen LogP contribution in [0.15, 0.2) is 18.2 Å². The van der Waals surface area contributed by atoms with Crippen LogP contribution >= 0.6 is 0 Å². The molecule has 0 amide bonds. The molecule has 2 atom stereocenters. The SMILES string of the molecule is CCCCCOC(=O)Oc1ccc(C[C@H](NCCOC(=O)C(C)CCC)C(=O)OC)cc1OC(=O)OCCCCC. The Balaban J connectivity index is 2.94. The van der Waals surface area contributed by atoms with Crippen molar-refractivity contribution in [2.24, 2.45) is 5.92 Å². The number of unbranched alkanes of at least 4 members (excludes halogenated alkanes) is 4. The molecule has 1 aromatic carbocycles. The summed E-state index contributed by atoms with van der Waals surface area (Å²) in [4.78, 5) is 49.0. The van der Waals surface area contributed by atoms with Crippen molar-refractivity contribution >= 4 is 24.2 Å². The van der Waals surface area contributed by atoms with Gasteiger partial charge in [0.25, 0.3) is 0 Å². The van der Waals surface area contributed by atoms with E-state index in [-0.39, 0.29) is 56.2 Å². The van der Waals surface area contributed by atoms with Gasteiger partial charge in [-0.25, -0.2) is 9.59 Å². The Morgan fingerprint density at radius 1 is 0.756 bits per heavy atom. The van der Waals surface area contributed by atoms with Crippen LogP contribution in [-0.4, -0.2) is 63.8 Å². The van der Waals surface area contributed by atoms with Gasteiger partial charge < -0.3 is 33.7 Å². The molecular weight excluding hydrogens is 534 g/mol. The predicted molar refractivity (Wildman–Crippen MR) is 152 cm³/mol. The van der Waals surface area contributed by atoms with E-state index in [2.05, 4.69) is 5.32 Å². The van der Waals surface area contributed by atoms with E-state index in [4.69, 9.17) is 28.4 Å². The average molecular weight is 582 g/mol. The van der Waals surface area contributed by atoms with Gasteiger partial charge in [-0.05, 0) is 43.4 Å². The first kappa shape index (κ1) is 35.7. The number of ether oxygens (including phenoxy) is 6. The van der Waals surface area contributed by atoms with Gasteiger partial charge in [0, 0.05) is 6.54 Å². The van der Waals surface area contributed by atoms with E-state index in [1.807, 2.05) is 27.7 Å². The minimum absolute atomic E-state index is 0.0320. The first-order valence-electron chi connectivity index (χ1n) is 14.6. The molecular formula is C30H47NO10. The molecule has 0 radical (unpaired) electrons. The summed E-state index contributed by atoms with van der Waals surface area (Å²) in [5.74, 6) is -1.09. The molecule has 232 valence electrons. The number of hydrogen-bond donors (Lipinski definition) is 1. The van der Waals surface area contributed by atoms with Gasteiger partial charge >= 0.3 is 24.2 Å². The molecule has 0 aliphatic heterocycles. The third-order valence-electron chi connectivity index (χ3n) is 6.12. The molecule has 0 bridgehead atoms. The van der Waals surface area contributed by atoms with Crippen molar-refractivity contribution in [1.82, 2.24) is 5.32 Å². The van der Waals surface area contributed by atoms with Crippen LogP contribution in [-0.2, 0) is 35.0 Å². The first-order chi connectivity index (χ1) is 19.7. The summed E-state index contributed by atoms with van der Waals surface area (Å²) in [6.45, 7) is 8.60. The minimum Gasteiger partial charge on any atom is -0.468 e. The molecule has 11 nitrogen and oxygen atoms in total. The molecule has 0 aliphatic rings. The number of esters is 2. The topological polar surface area (TPSA) is 136 Å². The van der Waals surface area contributed by atoms with E-state index in [1.165, 1.54) is 19.2 Å². The number of benzene rings is 1. The zero-order valence-electron chi connectivity index (χ0n) is 25.2. The Hall–Kier alpha value is -3.34. The standard InChI is InChI=1S/C30H47NO10/c1-6-9-11-17-38-29(34)40-25-15-14-23(21-26(25)41-30(35)39-18-12-10-7-2)20-24(28(33)36-5)31-16-19-37-27(32)22(4)13-8-3/h14-15,21-22,24,31H,6-13,16-20H2,1-5H3/t22?,24-/m0/s1. The molecule has 0 spiro atoms. The lowest BCUT2D eigenvalue weighted by molar-refractivity contribution is -0.148. The summed E-state index contributed by atoms with van der Waals surface area (Å²) in [6.07, 6.45) is 5.06. The molecule has 41 heavy (non-hydrogen) atoms. The Morgan fingerprint density at radius 3 is 1.93 bits per heavy atom. The molecule has 0 fully saturated rings. The van der Waals surface area contributed by atoms with E-state index >= 15 is 0 Å². The number of carbonyl (C=O) groups is 4. The fraction of sp³-hybridized carbons (Fsp3) is 0.667. The third kappa shape index (κ3) is 15.3. The van der Waals surface area contributed by atoms with Gasteiger partial charge in [0.05, 0.1) is 26.2 Å². The molecule has 0 saturated carbocycles. The maximum Gasteiger partial charge on any atom is 0.513 e. The molecule has 0 heterocycles. The van der Waals surface area contributed by atoms with Crippen LogP contribution in [0, 0.1) is 5.92 Å². The Labute approximate surface area is 243 Å². The molecule has 1 N–H and O–H groups in total. The fourth-order valence-corrected chi connectivity index (χ4v) is 3.79. The zero-order valence-corrected chi connectivity index (χ0v) is 25.2.